The molecule has 1 atom stereocenters. The van der Waals surface area contributed by atoms with Crippen molar-refractivity contribution in [1.29, 1.82) is 0 Å². The normalized spacial score (nSPS) is 20.2. The Labute approximate surface area is 146 Å². The zero-order valence-corrected chi connectivity index (χ0v) is 14.0. The number of nitrogens with zero attached hydrogens (tertiary/aromatic N) is 4. The summed E-state index contributed by atoms with van der Waals surface area (Å²) in [6.45, 7) is 1.83. The van der Waals surface area contributed by atoms with Gasteiger partial charge in [-0.05, 0) is 31.7 Å². The molecule has 0 bridgehead atoms. The van der Waals surface area contributed by atoms with E-state index >= 15 is 0 Å². The Hall–Kier alpha value is -2.41. The van der Waals surface area contributed by atoms with E-state index in [1.807, 2.05) is 6.07 Å². The van der Waals surface area contributed by atoms with Gasteiger partial charge in [-0.15, -0.1) is 0 Å². The molecule has 0 spiro atoms. The molecule has 0 unspecified atom stereocenters. The SMILES string of the molecule is O=C(NCc1ccnc([C@H]2CCCOC2)n1)c1cnc(C2CC2)nc1. The van der Waals surface area contributed by atoms with E-state index in [-0.39, 0.29) is 11.8 Å². The molecule has 1 saturated heterocycles. The van der Waals surface area contributed by atoms with Crippen LogP contribution < -0.4 is 5.32 Å². The van der Waals surface area contributed by atoms with Crippen molar-refractivity contribution in [2.75, 3.05) is 13.2 Å². The third kappa shape index (κ3) is 3.99. The minimum atomic E-state index is -0.191. The summed E-state index contributed by atoms with van der Waals surface area (Å²) in [7, 11) is 0. The number of rotatable bonds is 5. The predicted octanol–water partition coefficient (Wildman–Crippen LogP) is 1.97. The van der Waals surface area contributed by atoms with Gasteiger partial charge < -0.3 is 10.1 Å². The first-order chi connectivity index (χ1) is 12.3. The highest BCUT2D eigenvalue weighted by molar-refractivity contribution is 5.93. The monoisotopic (exact) mass is 339 g/mol. The van der Waals surface area contributed by atoms with E-state index in [1.165, 1.54) is 0 Å². The third-order valence-electron chi connectivity index (χ3n) is 4.56. The molecule has 0 aromatic carbocycles. The molecule has 0 radical (unpaired) electrons. The maximum absolute atomic E-state index is 12.2. The lowest BCUT2D eigenvalue weighted by Crippen LogP contribution is -2.24. The number of carbonyl (C=O) groups excluding carboxylic acids is 1. The van der Waals surface area contributed by atoms with Gasteiger partial charge in [0.25, 0.3) is 5.91 Å². The fourth-order valence-corrected chi connectivity index (χ4v) is 2.93. The Balaban J connectivity index is 1.36. The predicted molar refractivity (Wildman–Crippen MR) is 90.0 cm³/mol. The van der Waals surface area contributed by atoms with Gasteiger partial charge in [-0.2, -0.15) is 0 Å². The Morgan fingerprint density at radius 1 is 1.12 bits per heavy atom. The van der Waals surface area contributed by atoms with Crippen molar-refractivity contribution < 1.29 is 9.53 Å². The van der Waals surface area contributed by atoms with Crippen molar-refractivity contribution in [2.24, 2.45) is 0 Å². The minimum Gasteiger partial charge on any atom is -0.381 e. The van der Waals surface area contributed by atoms with E-state index in [0.717, 1.165) is 49.6 Å². The van der Waals surface area contributed by atoms with Crippen LogP contribution in [0.1, 0.15) is 65.2 Å². The van der Waals surface area contributed by atoms with Crippen LogP contribution in [0.15, 0.2) is 24.7 Å². The first-order valence-electron chi connectivity index (χ1n) is 8.79. The number of ether oxygens (including phenoxy) is 1. The molecule has 7 nitrogen and oxygen atoms in total. The van der Waals surface area contributed by atoms with Gasteiger partial charge in [-0.25, -0.2) is 19.9 Å². The Bertz CT molecular complexity index is 739. The molecule has 130 valence electrons. The van der Waals surface area contributed by atoms with Crippen LogP contribution in [0.5, 0.6) is 0 Å². The lowest BCUT2D eigenvalue weighted by Gasteiger charge is -2.20. The number of amides is 1. The largest absolute Gasteiger partial charge is 0.381 e. The summed E-state index contributed by atoms with van der Waals surface area (Å²) in [6.07, 6.45) is 9.31. The lowest BCUT2D eigenvalue weighted by molar-refractivity contribution is 0.0779. The van der Waals surface area contributed by atoms with Crippen LogP contribution in [0.2, 0.25) is 0 Å². The molecule has 2 aromatic heterocycles. The van der Waals surface area contributed by atoms with E-state index in [0.29, 0.717) is 24.6 Å². The first kappa shape index (κ1) is 16.1. The smallest absolute Gasteiger partial charge is 0.254 e. The fraction of sp³-hybridized carbons (Fsp3) is 0.500. The zero-order chi connectivity index (χ0) is 17.1. The number of nitrogens with one attached hydrogen (secondary N) is 1. The molecule has 25 heavy (non-hydrogen) atoms. The molecule has 1 amide bonds. The van der Waals surface area contributed by atoms with Gasteiger partial charge in [0.2, 0.25) is 0 Å². The molecule has 1 N–H and O–H groups in total. The van der Waals surface area contributed by atoms with Crippen LogP contribution in [-0.2, 0) is 11.3 Å². The van der Waals surface area contributed by atoms with Crippen molar-refractivity contribution in [3.05, 3.63) is 47.6 Å². The molecule has 1 aliphatic carbocycles. The van der Waals surface area contributed by atoms with Gasteiger partial charge in [0.1, 0.15) is 11.6 Å². The van der Waals surface area contributed by atoms with Gasteiger partial charge in [0.15, 0.2) is 0 Å². The number of aromatic nitrogens is 4. The van der Waals surface area contributed by atoms with Crippen molar-refractivity contribution in [2.45, 2.75) is 44.1 Å². The standard InChI is InChI=1S/C18H21N5O2/c24-18(14-8-20-16(21-9-14)12-3-4-12)22-10-15-5-6-19-17(23-15)13-2-1-7-25-11-13/h5-6,8-9,12-13H,1-4,7,10-11H2,(H,22,24)/t13-/m0/s1. The van der Waals surface area contributed by atoms with E-state index < -0.39 is 0 Å². The molecule has 2 aliphatic rings. The Morgan fingerprint density at radius 3 is 2.68 bits per heavy atom. The second kappa shape index (κ2) is 7.23. The fourth-order valence-electron chi connectivity index (χ4n) is 2.93. The Morgan fingerprint density at radius 2 is 1.96 bits per heavy atom. The average molecular weight is 339 g/mol. The topological polar surface area (TPSA) is 89.9 Å². The number of hydrogen-bond donors (Lipinski definition) is 1. The van der Waals surface area contributed by atoms with Crippen LogP contribution >= 0.6 is 0 Å². The lowest BCUT2D eigenvalue weighted by atomic mass is 10.0. The first-order valence-corrected chi connectivity index (χ1v) is 8.79. The van der Waals surface area contributed by atoms with Crippen molar-refractivity contribution in [1.82, 2.24) is 25.3 Å². The minimum absolute atomic E-state index is 0.191. The van der Waals surface area contributed by atoms with E-state index in [2.05, 4.69) is 25.3 Å². The van der Waals surface area contributed by atoms with Crippen molar-refractivity contribution in [3.8, 4) is 0 Å². The van der Waals surface area contributed by atoms with Gasteiger partial charge in [-0.3, -0.25) is 4.79 Å². The van der Waals surface area contributed by atoms with Crippen LogP contribution in [0.25, 0.3) is 0 Å². The average Bonchev–Trinajstić information content (AvgIpc) is 3.52. The van der Waals surface area contributed by atoms with Crippen LogP contribution in [0.4, 0.5) is 0 Å². The molecule has 2 aromatic rings. The van der Waals surface area contributed by atoms with Gasteiger partial charge in [-0.1, -0.05) is 0 Å². The molecule has 7 heteroatoms. The maximum atomic E-state index is 12.2. The van der Waals surface area contributed by atoms with Crippen molar-refractivity contribution in [3.63, 3.8) is 0 Å². The third-order valence-corrected chi connectivity index (χ3v) is 4.56. The summed E-state index contributed by atoms with van der Waals surface area (Å²) in [6, 6.07) is 1.82. The summed E-state index contributed by atoms with van der Waals surface area (Å²) in [5, 5.41) is 2.87. The summed E-state index contributed by atoms with van der Waals surface area (Å²) in [5.74, 6) is 2.17. The molecule has 2 fully saturated rings. The second-order valence-electron chi connectivity index (χ2n) is 6.61. The quantitative estimate of drug-likeness (QED) is 0.896. The van der Waals surface area contributed by atoms with E-state index in [1.54, 1.807) is 18.6 Å². The molecule has 4 rings (SSSR count). The summed E-state index contributed by atoms with van der Waals surface area (Å²) >= 11 is 0. The van der Waals surface area contributed by atoms with Crippen LogP contribution in [-0.4, -0.2) is 39.1 Å². The molecule has 1 saturated carbocycles. The summed E-state index contributed by atoms with van der Waals surface area (Å²) in [4.78, 5) is 29.7. The molecule has 1 aliphatic heterocycles. The number of hydrogen-bond acceptors (Lipinski definition) is 6. The number of carbonyl (C=O) groups is 1. The van der Waals surface area contributed by atoms with E-state index in [9.17, 15) is 4.79 Å². The molecular weight excluding hydrogens is 318 g/mol. The molecular formula is C18H21N5O2. The van der Waals surface area contributed by atoms with E-state index in [4.69, 9.17) is 4.74 Å². The molecule has 3 heterocycles. The second-order valence-corrected chi connectivity index (χ2v) is 6.61. The maximum Gasteiger partial charge on any atom is 0.254 e. The van der Waals surface area contributed by atoms with Crippen molar-refractivity contribution >= 4 is 5.91 Å². The van der Waals surface area contributed by atoms with Crippen LogP contribution in [0.3, 0.4) is 0 Å². The summed E-state index contributed by atoms with van der Waals surface area (Å²) in [5.41, 5.74) is 1.26. The van der Waals surface area contributed by atoms with Gasteiger partial charge in [0, 0.05) is 37.0 Å². The Kier molecular flexibility index (Phi) is 4.65. The summed E-state index contributed by atoms with van der Waals surface area (Å²) < 4.78 is 5.50. The van der Waals surface area contributed by atoms with Gasteiger partial charge in [0.05, 0.1) is 24.4 Å². The highest BCUT2D eigenvalue weighted by Gasteiger charge is 2.26. The van der Waals surface area contributed by atoms with Crippen LogP contribution in [0, 0.1) is 0 Å². The van der Waals surface area contributed by atoms with Gasteiger partial charge >= 0.3 is 0 Å². The highest BCUT2D eigenvalue weighted by atomic mass is 16.5. The highest BCUT2D eigenvalue weighted by Crippen LogP contribution is 2.37. The zero-order valence-electron chi connectivity index (χ0n) is 14.0.